The molecule has 0 radical (unpaired) electrons. The molecule has 0 bridgehead atoms. The van der Waals surface area contributed by atoms with Crippen LogP contribution in [0.5, 0.6) is 0 Å². The number of amides is 2. The van der Waals surface area contributed by atoms with Crippen molar-refractivity contribution in [2.75, 3.05) is 0 Å². The fraction of sp³-hybridized carbons (Fsp3) is 0.105. The van der Waals surface area contributed by atoms with E-state index in [4.69, 9.17) is 4.84 Å². The standard InChI is InChI=1S/C19H14N2O4S/c1-11-7-8-12(2)20(11)18-15(9-10-26-18)19(24)25-21-16(22)13-5-3-4-6-14(13)17(21)23/h3-10H,1-2H3. The first-order valence-corrected chi connectivity index (χ1v) is 8.80. The van der Waals surface area contributed by atoms with Gasteiger partial charge in [0.25, 0.3) is 11.8 Å². The summed E-state index contributed by atoms with van der Waals surface area (Å²) in [7, 11) is 0. The van der Waals surface area contributed by atoms with E-state index in [-0.39, 0.29) is 11.1 Å². The number of hydroxylamine groups is 2. The zero-order valence-electron chi connectivity index (χ0n) is 14.1. The molecule has 0 unspecified atom stereocenters. The normalized spacial score (nSPS) is 13.2. The van der Waals surface area contributed by atoms with Crippen LogP contribution in [0.2, 0.25) is 0 Å². The molecule has 4 rings (SSSR count). The monoisotopic (exact) mass is 366 g/mol. The van der Waals surface area contributed by atoms with Crippen molar-refractivity contribution in [2.45, 2.75) is 13.8 Å². The second kappa shape index (κ2) is 5.96. The molecule has 0 saturated carbocycles. The largest absolute Gasteiger partial charge is 0.366 e. The Labute approximate surface area is 153 Å². The van der Waals surface area contributed by atoms with Crippen molar-refractivity contribution in [1.29, 1.82) is 0 Å². The third kappa shape index (κ3) is 2.36. The SMILES string of the molecule is Cc1ccc(C)n1-c1sccc1C(=O)ON1C(=O)c2ccccc2C1=O. The van der Waals surface area contributed by atoms with E-state index in [1.165, 1.54) is 23.5 Å². The zero-order chi connectivity index (χ0) is 18.4. The van der Waals surface area contributed by atoms with Crippen molar-refractivity contribution < 1.29 is 19.2 Å². The molecule has 2 aromatic heterocycles. The highest BCUT2D eigenvalue weighted by Gasteiger charge is 2.39. The summed E-state index contributed by atoms with van der Waals surface area (Å²) in [6.45, 7) is 3.87. The Morgan fingerprint density at radius 2 is 1.50 bits per heavy atom. The quantitative estimate of drug-likeness (QED) is 0.665. The molecular formula is C19H14N2O4S. The average molecular weight is 366 g/mol. The maximum Gasteiger partial charge on any atom is 0.366 e. The molecule has 1 aliphatic heterocycles. The Morgan fingerprint density at radius 1 is 0.923 bits per heavy atom. The molecule has 130 valence electrons. The third-order valence-corrected chi connectivity index (χ3v) is 5.17. The summed E-state index contributed by atoms with van der Waals surface area (Å²) in [5.41, 5.74) is 2.70. The average Bonchev–Trinajstić information content (AvgIpc) is 3.29. The van der Waals surface area contributed by atoms with Gasteiger partial charge in [-0.1, -0.05) is 17.2 Å². The first-order chi connectivity index (χ1) is 12.5. The van der Waals surface area contributed by atoms with Crippen LogP contribution in [-0.4, -0.2) is 27.4 Å². The van der Waals surface area contributed by atoms with Crippen molar-refractivity contribution in [3.05, 3.63) is 75.9 Å². The second-order valence-corrected chi connectivity index (χ2v) is 6.81. The lowest BCUT2D eigenvalue weighted by atomic mass is 10.1. The van der Waals surface area contributed by atoms with Gasteiger partial charge >= 0.3 is 5.97 Å². The lowest BCUT2D eigenvalue weighted by molar-refractivity contribution is -0.0584. The van der Waals surface area contributed by atoms with E-state index in [0.717, 1.165) is 11.4 Å². The second-order valence-electron chi connectivity index (χ2n) is 5.92. The Bertz CT molecular complexity index is 1010. The third-order valence-electron chi connectivity index (χ3n) is 4.27. The molecule has 0 fully saturated rings. The maximum absolute atomic E-state index is 12.7. The number of carbonyl (C=O) groups excluding carboxylic acids is 3. The number of hydrogen-bond acceptors (Lipinski definition) is 5. The minimum Gasteiger partial charge on any atom is -0.324 e. The fourth-order valence-corrected chi connectivity index (χ4v) is 4.01. The van der Waals surface area contributed by atoms with E-state index in [2.05, 4.69) is 0 Å². The van der Waals surface area contributed by atoms with Gasteiger partial charge in [-0.25, -0.2) is 4.79 Å². The van der Waals surface area contributed by atoms with Gasteiger partial charge in [-0.2, -0.15) is 0 Å². The number of hydrogen-bond donors (Lipinski definition) is 0. The van der Waals surface area contributed by atoms with Crippen LogP contribution < -0.4 is 0 Å². The fourth-order valence-electron chi connectivity index (χ4n) is 3.00. The van der Waals surface area contributed by atoms with Crippen molar-refractivity contribution in [3.8, 4) is 5.00 Å². The molecule has 26 heavy (non-hydrogen) atoms. The molecule has 0 N–H and O–H groups in total. The number of fused-ring (bicyclic) bond motifs is 1. The molecule has 0 saturated heterocycles. The molecule has 1 aromatic carbocycles. The predicted molar refractivity (Wildman–Crippen MR) is 95.5 cm³/mol. The Morgan fingerprint density at radius 3 is 2.08 bits per heavy atom. The molecule has 3 aromatic rings. The first kappa shape index (κ1) is 16.3. The minimum absolute atomic E-state index is 0.230. The van der Waals surface area contributed by atoms with E-state index < -0.39 is 17.8 Å². The number of rotatable bonds is 3. The van der Waals surface area contributed by atoms with Gasteiger partial charge in [0.15, 0.2) is 0 Å². The highest BCUT2D eigenvalue weighted by Crippen LogP contribution is 2.28. The number of benzene rings is 1. The predicted octanol–water partition coefficient (Wildman–Crippen LogP) is 3.52. The number of aromatic nitrogens is 1. The zero-order valence-corrected chi connectivity index (χ0v) is 14.9. The van der Waals surface area contributed by atoms with E-state index in [0.29, 0.717) is 15.6 Å². The van der Waals surface area contributed by atoms with E-state index in [9.17, 15) is 14.4 Å². The van der Waals surface area contributed by atoms with E-state index >= 15 is 0 Å². The lowest BCUT2D eigenvalue weighted by Gasteiger charge is -2.14. The van der Waals surface area contributed by atoms with Crippen LogP contribution in [0.1, 0.15) is 42.5 Å². The highest BCUT2D eigenvalue weighted by molar-refractivity contribution is 7.13. The minimum atomic E-state index is -0.747. The van der Waals surface area contributed by atoms with Gasteiger partial charge in [0.05, 0.1) is 16.7 Å². The van der Waals surface area contributed by atoms with E-state index in [1.807, 2.05) is 30.5 Å². The summed E-state index contributed by atoms with van der Waals surface area (Å²) in [6.07, 6.45) is 0. The summed E-state index contributed by atoms with van der Waals surface area (Å²) in [4.78, 5) is 42.6. The number of aryl methyl sites for hydroxylation is 2. The van der Waals surface area contributed by atoms with E-state index in [1.54, 1.807) is 23.6 Å². The Hall–Kier alpha value is -3.19. The molecule has 0 atom stereocenters. The maximum atomic E-state index is 12.7. The summed E-state index contributed by atoms with van der Waals surface area (Å²) in [6, 6.07) is 11.9. The van der Waals surface area contributed by atoms with Gasteiger partial charge in [-0.3, -0.25) is 9.59 Å². The van der Waals surface area contributed by atoms with Crippen LogP contribution in [0.25, 0.3) is 5.00 Å². The number of thiophene rings is 1. The van der Waals surface area contributed by atoms with Gasteiger partial charge in [0, 0.05) is 11.4 Å². The topological polar surface area (TPSA) is 68.6 Å². The first-order valence-electron chi connectivity index (χ1n) is 7.92. The summed E-state index contributed by atoms with van der Waals surface area (Å²) >= 11 is 1.38. The van der Waals surface area contributed by atoms with Gasteiger partial charge in [0.2, 0.25) is 0 Å². The van der Waals surface area contributed by atoms with Crippen LogP contribution >= 0.6 is 11.3 Å². The summed E-state index contributed by atoms with van der Waals surface area (Å²) < 4.78 is 1.93. The van der Waals surface area contributed by atoms with Gasteiger partial charge < -0.3 is 9.40 Å². The van der Waals surface area contributed by atoms with Crippen LogP contribution in [0.3, 0.4) is 0 Å². The number of imide groups is 1. The van der Waals surface area contributed by atoms with Crippen molar-refractivity contribution in [2.24, 2.45) is 0 Å². The molecule has 0 aliphatic carbocycles. The molecule has 7 heteroatoms. The summed E-state index contributed by atoms with van der Waals surface area (Å²) in [5, 5.41) is 2.99. The molecule has 1 aliphatic rings. The molecular weight excluding hydrogens is 352 g/mol. The van der Waals surface area contributed by atoms with Crippen molar-refractivity contribution in [1.82, 2.24) is 9.63 Å². The van der Waals surface area contributed by atoms with Gasteiger partial charge in [-0.15, -0.1) is 11.3 Å². The molecule has 0 spiro atoms. The van der Waals surface area contributed by atoms with Crippen LogP contribution in [0.15, 0.2) is 47.8 Å². The molecule has 2 amide bonds. The summed E-state index contributed by atoms with van der Waals surface area (Å²) in [5.74, 6) is -2.02. The molecule has 3 heterocycles. The molecule has 6 nitrogen and oxygen atoms in total. The smallest absolute Gasteiger partial charge is 0.324 e. The van der Waals surface area contributed by atoms with Crippen molar-refractivity contribution in [3.63, 3.8) is 0 Å². The lowest BCUT2D eigenvalue weighted by Crippen LogP contribution is -2.32. The van der Waals surface area contributed by atoms with Gasteiger partial charge in [-0.05, 0) is 49.6 Å². The number of carbonyl (C=O) groups is 3. The number of nitrogens with zero attached hydrogens (tertiary/aromatic N) is 2. The van der Waals surface area contributed by atoms with Crippen LogP contribution in [0.4, 0.5) is 0 Å². The van der Waals surface area contributed by atoms with Crippen molar-refractivity contribution >= 4 is 29.1 Å². The Balaban J connectivity index is 1.65. The van der Waals surface area contributed by atoms with Crippen LogP contribution in [0, 0.1) is 13.8 Å². The van der Waals surface area contributed by atoms with Gasteiger partial charge in [0.1, 0.15) is 5.00 Å². The van der Waals surface area contributed by atoms with Crippen LogP contribution in [-0.2, 0) is 4.84 Å². The Kier molecular flexibility index (Phi) is 3.73. The highest BCUT2D eigenvalue weighted by atomic mass is 32.1.